The maximum Gasteiger partial charge on any atom is 0.210 e. The van der Waals surface area contributed by atoms with Crippen molar-refractivity contribution in [3.8, 4) is 11.4 Å². The second kappa shape index (κ2) is 6.04. The molecule has 0 radical (unpaired) electrons. The van der Waals surface area contributed by atoms with E-state index in [4.69, 9.17) is 4.74 Å². The molecule has 1 N–H and O–H groups in total. The van der Waals surface area contributed by atoms with Crippen LogP contribution < -0.4 is 10.1 Å². The van der Waals surface area contributed by atoms with Crippen LogP contribution in [0.2, 0.25) is 0 Å². The van der Waals surface area contributed by atoms with E-state index in [1.165, 1.54) is 6.07 Å². The summed E-state index contributed by atoms with van der Waals surface area (Å²) in [4.78, 5) is 4.46. The van der Waals surface area contributed by atoms with E-state index in [2.05, 4.69) is 25.6 Å². The summed E-state index contributed by atoms with van der Waals surface area (Å²) in [5.41, 5.74) is 3.86. The molecule has 0 fully saturated rings. The van der Waals surface area contributed by atoms with Crippen molar-refractivity contribution in [1.82, 2.24) is 29.4 Å². The van der Waals surface area contributed by atoms with Crippen LogP contribution >= 0.6 is 0 Å². The van der Waals surface area contributed by atoms with Crippen molar-refractivity contribution in [1.29, 1.82) is 0 Å². The smallest absolute Gasteiger partial charge is 0.210 e. The highest BCUT2D eigenvalue weighted by atomic mass is 19.1. The van der Waals surface area contributed by atoms with Crippen LogP contribution in [0.15, 0.2) is 37.1 Å². The van der Waals surface area contributed by atoms with E-state index in [9.17, 15) is 4.39 Å². The normalized spacial score (nSPS) is 13.0. The summed E-state index contributed by atoms with van der Waals surface area (Å²) in [6, 6.07) is 3.12. The Bertz CT molecular complexity index is 1150. The summed E-state index contributed by atoms with van der Waals surface area (Å²) >= 11 is 0. The van der Waals surface area contributed by atoms with E-state index in [-0.39, 0.29) is 5.82 Å². The van der Waals surface area contributed by atoms with Gasteiger partial charge in [0.2, 0.25) is 5.95 Å². The van der Waals surface area contributed by atoms with Gasteiger partial charge in [0.25, 0.3) is 0 Å². The Balaban J connectivity index is 1.49. The largest absolute Gasteiger partial charge is 0.493 e. The number of rotatable bonds is 4. The number of anilines is 1. The molecule has 3 aromatic heterocycles. The third kappa shape index (κ3) is 2.59. The van der Waals surface area contributed by atoms with Gasteiger partial charge in [-0.25, -0.2) is 18.5 Å². The molecule has 136 valence electrons. The molecule has 5 rings (SSSR count). The van der Waals surface area contributed by atoms with Gasteiger partial charge in [-0.1, -0.05) is 0 Å². The molecule has 0 bridgehead atoms. The molecular formula is C18H16FN7O. The number of hydrogen-bond acceptors (Lipinski definition) is 6. The minimum absolute atomic E-state index is 0.254. The highest BCUT2D eigenvalue weighted by Crippen LogP contribution is 2.30. The first-order valence-electron chi connectivity index (χ1n) is 8.58. The van der Waals surface area contributed by atoms with Gasteiger partial charge in [0, 0.05) is 30.3 Å². The number of ether oxygens (including phenoxy) is 1. The molecule has 0 amide bonds. The minimum Gasteiger partial charge on any atom is -0.493 e. The maximum absolute atomic E-state index is 14.3. The van der Waals surface area contributed by atoms with E-state index < -0.39 is 0 Å². The number of halogens is 1. The zero-order chi connectivity index (χ0) is 18.4. The van der Waals surface area contributed by atoms with Gasteiger partial charge in [-0.3, -0.25) is 0 Å². The summed E-state index contributed by atoms with van der Waals surface area (Å²) in [7, 11) is 0. The van der Waals surface area contributed by atoms with Crippen LogP contribution in [-0.2, 0) is 13.0 Å². The molecule has 1 aromatic carbocycles. The van der Waals surface area contributed by atoms with Gasteiger partial charge in [0.15, 0.2) is 5.65 Å². The van der Waals surface area contributed by atoms with Crippen LogP contribution in [0, 0.1) is 12.7 Å². The predicted octanol–water partition coefficient (Wildman–Crippen LogP) is 2.30. The molecule has 0 spiro atoms. The van der Waals surface area contributed by atoms with E-state index >= 15 is 0 Å². The summed E-state index contributed by atoms with van der Waals surface area (Å²) in [5.74, 6) is 1.02. The summed E-state index contributed by atoms with van der Waals surface area (Å²) in [6.07, 6.45) is 7.60. The fourth-order valence-corrected chi connectivity index (χ4v) is 3.32. The van der Waals surface area contributed by atoms with Crippen molar-refractivity contribution >= 4 is 11.6 Å². The van der Waals surface area contributed by atoms with Gasteiger partial charge in [-0.05, 0) is 24.6 Å². The van der Waals surface area contributed by atoms with Crippen molar-refractivity contribution in [3.05, 3.63) is 59.6 Å². The second-order valence-electron chi connectivity index (χ2n) is 6.41. The zero-order valence-corrected chi connectivity index (χ0v) is 14.6. The summed E-state index contributed by atoms with van der Waals surface area (Å²) in [6.45, 7) is 2.83. The molecule has 0 unspecified atom stereocenters. The quantitative estimate of drug-likeness (QED) is 0.598. The van der Waals surface area contributed by atoms with Gasteiger partial charge >= 0.3 is 0 Å². The number of hydrogen-bond donors (Lipinski definition) is 1. The third-order valence-corrected chi connectivity index (χ3v) is 4.64. The van der Waals surface area contributed by atoms with Crippen LogP contribution in [0.3, 0.4) is 0 Å². The van der Waals surface area contributed by atoms with Gasteiger partial charge in [0.1, 0.15) is 23.6 Å². The Morgan fingerprint density at radius 3 is 3.07 bits per heavy atom. The lowest BCUT2D eigenvalue weighted by Crippen LogP contribution is -2.10. The van der Waals surface area contributed by atoms with E-state index in [1.807, 2.05) is 13.1 Å². The molecule has 1 aliphatic rings. The molecule has 4 heterocycles. The van der Waals surface area contributed by atoms with Crippen LogP contribution in [0.1, 0.15) is 16.7 Å². The van der Waals surface area contributed by atoms with E-state index in [0.29, 0.717) is 42.4 Å². The lowest BCUT2D eigenvalue weighted by atomic mass is 10.0. The Morgan fingerprint density at radius 2 is 2.22 bits per heavy atom. The first-order chi connectivity index (χ1) is 13.2. The van der Waals surface area contributed by atoms with Crippen molar-refractivity contribution < 1.29 is 9.13 Å². The van der Waals surface area contributed by atoms with Crippen molar-refractivity contribution in [2.24, 2.45) is 0 Å². The predicted molar refractivity (Wildman–Crippen MR) is 95.6 cm³/mol. The van der Waals surface area contributed by atoms with E-state index in [0.717, 1.165) is 16.9 Å². The average molecular weight is 365 g/mol. The minimum atomic E-state index is -0.254. The molecule has 27 heavy (non-hydrogen) atoms. The lowest BCUT2D eigenvalue weighted by molar-refractivity contribution is 0.356. The number of nitrogens with one attached hydrogen (secondary N) is 1. The number of aromatic nitrogens is 6. The molecule has 8 nitrogen and oxygen atoms in total. The SMILES string of the molecule is Cc1cnn(-c2cnc(NCc3c(F)ccc4c3CCO4)n3cnnc23)c1. The number of fused-ring (bicyclic) bond motifs is 2. The van der Waals surface area contributed by atoms with Crippen LogP contribution in [0.4, 0.5) is 10.3 Å². The molecule has 4 aromatic rings. The van der Waals surface area contributed by atoms with Gasteiger partial charge in [-0.2, -0.15) is 5.10 Å². The fraction of sp³-hybridized carbons (Fsp3) is 0.222. The van der Waals surface area contributed by atoms with Crippen molar-refractivity contribution in [3.63, 3.8) is 0 Å². The fourth-order valence-electron chi connectivity index (χ4n) is 3.32. The molecule has 0 aliphatic carbocycles. The first kappa shape index (κ1) is 15.7. The Kier molecular flexibility index (Phi) is 3.52. The van der Waals surface area contributed by atoms with Crippen molar-refractivity contribution in [2.45, 2.75) is 19.9 Å². The highest BCUT2D eigenvalue weighted by Gasteiger charge is 2.20. The highest BCUT2D eigenvalue weighted by molar-refractivity contribution is 5.60. The second-order valence-corrected chi connectivity index (χ2v) is 6.41. The third-order valence-electron chi connectivity index (χ3n) is 4.64. The van der Waals surface area contributed by atoms with Crippen molar-refractivity contribution in [2.75, 3.05) is 11.9 Å². The summed E-state index contributed by atoms with van der Waals surface area (Å²) < 4.78 is 23.3. The number of benzene rings is 1. The van der Waals surface area contributed by atoms with Gasteiger partial charge in [-0.15, -0.1) is 10.2 Å². The van der Waals surface area contributed by atoms with Crippen LogP contribution in [0.25, 0.3) is 11.3 Å². The molecule has 0 saturated heterocycles. The molecular weight excluding hydrogens is 349 g/mol. The monoisotopic (exact) mass is 365 g/mol. The van der Waals surface area contributed by atoms with Gasteiger partial charge in [0.05, 0.1) is 19.0 Å². The standard InChI is InChI=1S/C18H16FN7O/c1-11-6-23-26(9-11)15-8-21-18(25-10-22-24-17(15)25)20-7-13-12-4-5-27-16(12)3-2-14(13)19/h2-3,6,8-10H,4-5,7H2,1H3,(H,20,21). The number of aryl methyl sites for hydroxylation is 1. The lowest BCUT2D eigenvalue weighted by Gasteiger charge is -2.12. The molecule has 9 heteroatoms. The van der Waals surface area contributed by atoms with Gasteiger partial charge < -0.3 is 10.1 Å². The van der Waals surface area contributed by atoms with E-state index in [1.54, 1.807) is 33.9 Å². The molecule has 0 atom stereocenters. The Hall–Kier alpha value is -3.49. The first-order valence-corrected chi connectivity index (χ1v) is 8.58. The topological polar surface area (TPSA) is 82.2 Å². The Morgan fingerprint density at radius 1 is 1.30 bits per heavy atom. The summed E-state index contributed by atoms with van der Waals surface area (Å²) in [5, 5.41) is 15.6. The average Bonchev–Trinajstić information content (AvgIpc) is 3.40. The maximum atomic E-state index is 14.3. The number of nitrogens with zero attached hydrogens (tertiary/aromatic N) is 6. The van der Waals surface area contributed by atoms with Crippen LogP contribution in [0.5, 0.6) is 5.75 Å². The zero-order valence-electron chi connectivity index (χ0n) is 14.6. The molecule has 0 saturated carbocycles. The van der Waals surface area contributed by atoms with Crippen LogP contribution in [-0.4, -0.2) is 36.0 Å². The molecule has 1 aliphatic heterocycles. The Labute approximate surface area is 153 Å².